The topological polar surface area (TPSA) is 26.0 Å². The van der Waals surface area contributed by atoms with Crippen LogP contribution in [0.4, 0.5) is 0 Å². The third-order valence-electron chi connectivity index (χ3n) is 2.08. The largest absolute Gasteiger partial charge is 0.330 e. The second-order valence-corrected chi connectivity index (χ2v) is 3.44. The van der Waals surface area contributed by atoms with Gasteiger partial charge in [-0.2, -0.15) is 0 Å². The lowest BCUT2D eigenvalue weighted by molar-refractivity contribution is 0.711. The molecular formula is C11H14ClN. The molecule has 0 fully saturated rings. The Kier molecular flexibility index (Phi) is 4.00. The van der Waals surface area contributed by atoms with E-state index in [0.717, 1.165) is 11.4 Å². The van der Waals surface area contributed by atoms with Crippen molar-refractivity contribution in [2.75, 3.05) is 6.54 Å². The Morgan fingerprint density at radius 1 is 1.38 bits per heavy atom. The summed E-state index contributed by atoms with van der Waals surface area (Å²) in [6, 6.07) is 7.82. The highest BCUT2D eigenvalue weighted by atomic mass is 35.5. The number of benzene rings is 1. The van der Waals surface area contributed by atoms with Gasteiger partial charge in [0.1, 0.15) is 0 Å². The normalized spacial score (nSPS) is 12.5. The third-order valence-corrected chi connectivity index (χ3v) is 2.33. The molecule has 0 aromatic heterocycles. The molecule has 1 aromatic carbocycles. The highest BCUT2D eigenvalue weighted by Gasteiger charge is 2.06. The van der Waals surface area contributed by atoms with E-state index >= 15 is 0 Å². The molecule has 2 N–H and O–H groups in total. The molecule has 0 amide bonds. The molecule has 0 unspecified atom stereocenters. The van der Waals surface area contributed by atoms with Gasteiger partial charge in [0.2, 0.25) is 0 Å². The van der Waals surface area contributed by atoms with E-state index in [1.54, 1.807) is 0 Å². The van der Waals surface area contributed by atoms with Crippen LogP contribution in [0.1, 0.15) is 17.9 Å². The molecule has 0 saturated carbocycles. The maximum Gasteiger partial charge on any atom is 0.0406 e. The number of halogens is 1. The summed E-state index contributed by atoms with van der Waals surface area (Å²) < 4.78 is 0. The van der Waals surface area contributed by atoms with Gasteiger partial charge in [0.15, 0.2) is 0 Å². The zero-order valence-electron chi connectivity index (χ0n) is 7.54. The van der Waals surface area contributed by atoms with E-state index in [4.69, 9.17) is 17.3 Å². The van der Waals surface area contributed by atoms with Gasteiger partial charge in [0, 0.05) is 5.02 Å². The van der Waals surface area contributed by atoms with E-state index in [1.165, 1.54) is 5.56 Å². The molecule has 0 aliphatic rings. The summed E-state index contributed by atoms with van der Waals surface area (Å²) in [7, 11) is 0. The highest BCUT2D eigenvalue weighted by Crippen LogP contribution is 2.20. The Balaban J connectivity index is 2.78. The van der Waals surface area contributed by atoms with Crippen molar-refractivity contribution in [1.29, 1.82) is 0 Å². The molecule has 0 heterocycles. The Hall–Kier alpha value is -0.790. The summed E-state index contributed by atoms with van der Waals surface area (Å²) in [5.74, 6) is 0.370. The molecular weight excluding hydrogens is 182 g/mol. The summed E-state index contributed by atoms with van der Waals surface area (Å²) in [5.41, 5.74) is 6.88. The van der Waals surface area contributed by atoms with E-state index in [-0.39, 0.29) is 0 Å². The molecule has 2 heteroatoms. The third kappa shape index (κ3) is 2.87. The van der Waals surface area contributed by atoms with Crippen LogP contribution >= 0.6 is 11.6 Å². The van der Waals surface area contributed by atoms with Crippen LogP contribution in [0, 0.1) is 0 Å². The highest BCUT2D eigenvalue weighted by molar-refractivity contribution is 6.30. The van der Waals surface area contributed by atoms with Crippen LogP contribution in [-0.4, -0.2) is 6.54 Å². The van der Waals surface area contributed by atoms with Crippen molar-refractivity contribution in [3.8, 4) is 0 Å². The molecule has 13 heavy (non-hydrogen) atoms. The summed E-state index contributed by atoms with van der Waals surface area (Å²) in [5, 5.41) is 0.762. The lowest BCUT2D eigenvalue weighted by atomic mass is 9.96. The molecule has 0 radical (unpaired) electrons. The molecule has 1 atom stereocenters. The summed E-state index contributed by atoms with van der Waals surface area (Å²) in [6.45, 7) is 4.36. The Morgan fingerprint density at radius 2 is 2.00 bits per heavy atom. The van der Waals surface area contributed by atoms with Crippen LogP contribution in [0.15, 0.2) is 36.9 Å². The number of nitrogens with two attached hydrogens (primary N) is 1. The summed E-state index contributed by atoms with van der Waals surface area (Å²) >= 11 is 5.79. The monoisotopic (exact) mass is 195 g/mol. The van der Waals surface area contributed by atoms with Gasteiger partial charge >= 0.3 is 0 Å². The van der Waals surface area contributed by atoms with E-state index in [1.807, 2.05) is 30.3 Å². The van der Waals surface area contributed by atoms with Crippen molar-refractivity contribution in [3.63, 3.8) is 0 Å². The van der Waals surface area contributed by atoms with Crippen LogP contribution < -0.4 is 5.73 Å². The fourth-order valence-corrected chi connectivity index (χ4v) is 1.43. The SMILES string of the molecule is C=CC[C@@H](CN)c1ccc(Cl)cc1. The van der Waals surface area contributed by atoms with Gasteiger partial charge in [-0.15, -0.1) is 6.58 Å². The van der Waals surface area contributed by atoms with Crippen molar-refractivity contribution in [2.24, 2.45) is 5.73 Å². The number of allylic oxidation sites excluding steroid dienone is 1. The molecule has 0 aliphatic carbocycles. The second-order valence-electron chi connectivity index (χ2n) is 3.01. The van der Waals surface area contributed by atoms with Gasteiger partial charge in [-0.05, 0) is 36.6 Å². The predicted octanol–water partition coefficient (Wildman–Crippen LogP) is 2.96. The molecule has 1 aromatic rings. The fourth-order valence-electron chi connectivity index (χ4n) is 1.30. The van der Waals surface area contributed by atoms with Gasteiger partial charge in [-0.1, -0.05) is 29.8 Å². The molecule has 0 saturated heterocycles. The Labute approximate surface area is 84.2 Å². The molecule has 0 aliphatic heterocycles. The predicted molar refractivity (Wildman–Crippen MR) is 58.1 cm³/mol. The first-order valence-corrected chi connectivity index (χ1v) is 4.72. The van der Waals surface area contributed by atoms with Crippen LogP contribution in [0.3, 0.4) is 0 Å². The van der Waals surface area contributed by atoms with Crippen molar-refractivity contribution in [2.45, 2.75) is 12.3 Å². The van der Waals surface area contributed by atoms with E-state index in [2.05, 4.69) is 6.58 Å². The number of hydrogen-bond acceptors (Lipinski definition) is 1. The molecule has 1 rings (SSSR count). The van der Waals surface area contributed by atoms with Gasteiger partial charge < -0.3 is 5.73 Å². The van der Waals surface area contributed by atoms with Crippen LogP contribution in [0.2, 0.25) is 5.02 Å². The first-order valence-electron chi connectivity index (χ1n) is 4.34. The number of rotatable bonds is 4. The average Bonchev–Trinajstić information content (AvgIpc) is 2.16. The van der Waals surface area contributed by atoms with Gasteiger partial charge in [0.25, 0.3) is 0 Å². The van der Waals surface area contributed by atoms with Crippen LogP contribution in [0.5, 0.6) is 0 Å². The summed E-state index contributed by atoms with van der Waals surface area (Å²) in [6.07, 6.45) is 2.81. The van der Waals surface area contributed by atoms with Gasteiger partial charge in [0.05, 0.1) is 0 Å². The maximum absolute atomic E-state index is 5.79. The minimum atomic E-state index is 0.370. The zero-order valence-corrected chi connectivity index (χ0v) is 8.30. The van der Waals surface area contributed by atoms with E-state index < -0.39 is 0 Å². The fraction of sp³-hybridized carbons (Fsp3) is 0.273. The maximum atomic E-state index is 5.79. The standard InChI is InChI=1S/C11H14ClN/c1-2-3-10(8-13)9-4-6-11(12)7-5-9/h2,4-7,10H,1,3,8,13H2/t10-/m0/s1. The van der Waals surface area contributed by atoms with Crippen molar-refractivity contribution in [1.82, 2.24) is 0 Å². The first kappa shape index (κ1) is 10.3. The summed E-state index contributed by atoms with van der Waals surface area (Å²) in [4.78, 5) is 0. The van der Waals surface area contributed by atoms with Crippen LogP contribution in [-0.2, 0) is 0 Å². The van der Waals surface area contributed by atoms with Crippen LogP contribution in [0.25, 0.3) is 0 Å². The molecule has 70 valence electrons. The van der Waals surface area contributed by atoms with Gasteiger partial charge in [-0.3, -0.25) is 0 Å². The van der Waals surface area contributed by atoms with Crippen molar-refractivity contribution in [3.05, 3.63) is 47.5 Å². The second kappa shape index (κ2) is 5.05. The molecule has 1 nitrogen and oxygen atoms in total. The van der Waals surface area contributed by atoms with E-state index in [0.29, 0.717) is 12.5 Å². The smallest absolute Gasteiger partial charge is 0.0406 e. The number of hydrogen-bond donors (Lipinski definition) is 1. The quantitative estimate of drug-likeness (QED) is 0.735. The van der Waals surface area contributed by atoms with Crippen molar-refractivity contribution < 1.29 is 0 Å². The minimum Gasteiger partial charge on any atom is -0.330 e. The molecule has 0 bridgehead atoms. The lowest BCUT2D eigenvalue weighted by Crippen LogP contribution is -2.11. The zero-order chi connectivity index (χ0) is 9.68. The van der Waals surface area contributed by atoms with E-state index in [9.17, 15) is 0 Å². The molecule has 0 spiro atoms. The lowest BCUT2D eigenvalue weighted by Gasteiger charge is -2.12. The van der Waals surface area contributed by atoms with Gasteiger partial charge in [-0.25, -0.2) is 0 Å². The minimum absolute atomic E-state index is 0.370. The Morgan fingerprint density at radius 3 is 2.46 bits per heavy atom. The first-order chi connectivity index (χ1) is 6.27. The van der Waals surface area contributed by atoms with Crippen molar-refractivity contribution >= 4 is 11.6 Å². The Bertz CT molecular complexity index is 266. The average molecular weight is 196 g/mol.